The van der Waals surface area contributed by atoms with Crippen LogP contribution in [0.5, 0.6) is 0 Å². The highest BCUT2D eigenvalue weighted by Gasteiger charge is 2.19. The monoisotopic (exact) mass is 293 g/mol. The number of hydrogen-bond donors (Lipinski definition) is 4. The van der Waals surface area contributed by atoms with Gasteiger partial charge in [-0.2, -0.15) is 5.53 Å². The number of rotatable bonds is 2. The molecule has 5 nitrogen and oxygen atoms in total. The highest BCUT2D eigenvalue weighted by molar-refractivity contribution is 7.18. The molecule has 2 aromatic heterocycles. The standard InChI is InChI=1S/C14H18N2S.H5N3/c1-2-9-3-4-13-10(5-9)6-11-7-12(8-15)17-14(11)16-13;1-3-2/h6-7,9H,2-5,8,15H2,1H3;3H,1-2H2. The number of hydrazine groups is 2. The van der Waals surface area contributed by atoms with Crippen molar-refractivity contribution < 1.29 is 0 Å². The second-order valence-corrected chi connectivity index (χ2v) is 6.20. The number of hydrogen-bond acceptors (Lipinski definition) is 6. The molecule has 1 atom stereocenters. The van der Waals surface area contributed by atoms with Crippen molar-refractivity contribution in [2.45, 2.75) is 39.2 Å². The van der Waals surface area contributed by atoms with Gasteiger partial charge in [-0.25, -0.2) is 4.98 Å². The molecule has 2 aromatic rings. The van der Waals surface area contributed by atoms with E-state index in [0.717, 1.165) is 12.3 Å². The minimum atomic E-state index is 0.628. The van der Waals surface area contributed by atoms with Crippen molar-refractivity contribution in [3.8, 4) is 0 Å². The van der Waals surface area contributed by atoms with E-state index >= 15 is 0 Å². The van der Waals surface area contributed by atoms with Crippen LogP contribution in [-0.4, -0.2) is 4.98 Å². The zero-order valence-corrected chi connectivity index (χ0v) is 12.7. The Hall–Kier alpha value is -1.05. The van der Waals surface area contributed by atoms with Gasteiger partial charge in [0.1, 0.15) is 4.83 Å². The molecule has 0 spiro atoms. The molecule has 1 aliphatic carbocycles. The zero-order chi connectivity index (χ0) is 14.5. The van der Waals surface area contributed by atoms with Gasteiger partial charge in [-0.3, -0.25) is 11.7 Å². The molecule has 1 aliphatic rings. The number of nitrogens with zero attached hydrogens (tertiary/aromatic N) is 1. The molecule has 0 amide bonds. The molecule has 0 fully saturated rings. The Bertz CT molecular complexity index is 566. The van der Waals surface area contributed by atoms with Crippen molar-refractivity contribution in [3.05, 3.63) is 28.3 Å². The highest BCUT2D eigenvalue weighted by atomic mass is 32.1. The third-order valence-electron chi connectivity index (χ3n) is 3.80. The molecule has 0 saturated heterocycles. The van der Waals surface area contributed by atoms with Crippen LogP contribution in [0.1, 0.15) is 35.9 Å². The molecule has 7 N–H and O–H groups in total. The predicted molar refractivity (Wildman–Crippen MR) is 84.8 cm³/mol. The molecular weight excluding hydrogens is 270 g/mol. The molecule has 1 unspecified atom stereocenters. The molecule has 3 rings (SSSR count). The fourth-order valence-corrected chi connectivity index (χ4v) is 3.61. The van der Waals surface area contributed by atoms with Gasteiger partial charge in [-0.1, -0.05) is 13.3 Å². The number of nitrogens with two attached hydrogens (primary N) is 3. The normalized spacial score (nSPS) is 17.5. The van der Waals surface area contributed by atoms with Crippen LogP contribution in [0.3, 0.4) is 0 Å². The molecule has 0 aromatic carbocycles. The summed E-state index contributed by atoms with van der Waals surface area (Å²) in [4.78, 5) is 7.22. The van der Waals surface area contributed by atoms with Crippen molar-refractivity contribution in [3.63, 3.8) is 0 Å². The number of aromatic nitrogens is 1. The van der Waals surface area contributed by atoms with Crippen molar-refractivity contribution in [1.29, 1.82) is 0 Å². The lowest BCUT2D eigenvalue weighted by Crippen LogP contribution is -2.29. The molecule has 2 heterocycles. The highest BCUT2D eigenvalue weighted by Crippen LogP contribution is 2.31. The van der Waals surface area contributed by atoms with Gasteiger partial charge in [0, 0.05) is 22.5 Å². The van der Waals surface area contributed by atoms with E-state index in [2.05, 4.69) is 30.7 Å². The fourth-order valence-electron chi connectivity index (χ4n) is 2.70. The average molecular weight is 293 g/mol. The molecule has 6 heteroatoms. The first-order chi connectivity index (χ1) is 9.71. The summed E-state index contributed by atoms with van der Waals surface area (Å²) in [6, 6.07) is 4.54. The maximum Gasteiger partial charge on any atom is 0.123 e. The maximum atomic E-state index is 5.69. The van der Waals surface area contributed by atoms with Gasteiger partial charge in [0.2, 0.25) is 0 Å². The van der Waals surface area contributed by atoms with E-state index in [1.807, 2.05) is 0 Å². The lowest BCUT2D eigenvalue weighted by Gasteiger charge is -2.22. The van der Waals surface area contributed by atoms with Crippen molar-refractivity contribution in [2.75, 3.05) is 0 Å². The molecule has 20 heavy (non-hydrogen) atoms. The maximum absolute atomic E-state index is 5.69. The summed E-state index contributed by atoms with van der Waals surface area (Å²) in [5.41, 5.74) is 10.2. The Kier molecular flexibility index (Phi) is 5.45. The largest absolute Gasteiger partial charge is 0.326 e. The topological polar surface area (TPSA) is 103 Å². The summed E-state index contributed by atoms with van der Waals surface area (Å²) < 4.78 is 0. The Morgan fingerprint density at radius 2 is 2.15 bits per heavy atom. The third-order valence-corrected chi connectivity index (χ3v) is 4.87. The minimum Gasteiger partial charge on any atom is -0.326 e. The number of nitrogens with one attached hydrogen (secondary N) is 1. The Morgan fingerprint density at radius 1 is 1.40 bits per heavy atom. The van der Waals surface area contributed by atoms with Crippen LogP contribution in [0.2, 0.25) is 0 Å². The summed E-state index contributed by atoms with van der Waals surface area (Å²) in [5.74, 6) is 9.61. The molecular formula is C14H23N5S. The second kappa shape index (κ2) is 7.10. The van der Waals surface area contributed by atoms with Crippen LogP contribution in [-0.2, 0) is 19.4 Å². The van der Waals surface area contributed by atoms with E-state index in [9.17, 15) is 0 Å². The Balaban J connectivity index is 0.000000452. The number of fused-ring (bicyclic) bond motifs is 2. The lowest BCUT2D eigenvalue weighted by atomic mass is 9.85. The van der Waals surface area contributed by atoms with E-state index in [1.54, 1.807) is 16.9 Å². The third kappa shape index (κ3) is 3.34. The van der Waals surface area contributed by atoms with Gasteiger partial charge in [0.05, 0.1) is 0 Å². The number of thiophene rings is 1. The van der Waals surface area contributed by atoms with Gasteiger partial charge < -0.3 is 5.73 Å². The van der Waals surface area contributed by atoms with Gasteiger partial charge in [-0.15, -0.1) is 11.3 Å². The van der Waals surface area contributed by atoms with E-state index in [0.29, 0.717) is 6.54 Å². The zero-order valence-electron chi connectivity index (χ0n) is 11.9. The van der Waals surface area contributed by atoms with E-state index in [1.165, 1.54) is 45.6 Å². The quantitative estimate of drug-likeness (QED) is 0.497. The van der Waals surface area contributed by atoms with Gasteiger partial charge in [-0.05, 0) is 42.9 Å². The first-order valence-corrected chi connectivity index (χ1v) is 7.80. The first kappa shape index (κ1) is 15.3. The fraction of sp³-hybridized carbons (Fsp3) is 0.500. The number of aryl methyl sites for hydroxylation is 1. The van der Waals surface area contributed by atoms with Crippen molar-refractivity contribution in [2.24, 2.45) is 23.3 Å². The smallest absolute Gasteiger partial charge is 0.123 e. The predicted octanol–water partition coefficient (Wildman–Crippen LogP) is 1.59. The van der Waals surface area contributed by atoms with Crippen LogP contribution in [0, 0.1) is 5.92 Å². The van der Waals surface area contributed by atoms with Gasteiger partial charge >= 0.3 is 0 Å². The van der Waals surface area contributed by atoms with Crippen molar-refractivity contribution >= 4 is 21.6 Å². The second-order valence-electron chi connectivity index (χ2n) is 5.09. The Labute approximate surface area is 123 Å². The van der Waals surface area contributed by atoms with Crippen LogP contribution >= 0.6 is 11.3 Å². The SMILES string of the molecule is CCC1CCc2nc3sc(CN)cc3cc2C1.NNN. The van der Waals surface area contributed by atoms with Crippen molar-refractivity contribution in [1.82, 2.24) is 10.5 Å². The minimum absolute atomic E-state index is 0.628. The summed E-state index contributed by atoms with van der Waals surface area (Å²) in [6.45, 7) is 2.92. The van der Waals surface area contributed by atoms with E-state index < -0.39 is 0 Å². The summed E-state index contributed by atoms with van der Waals surface area (Å²) >= 11 is 1.74. The Morgan fingerprint density at radius 3 is 2.80 bits per heavy atom. The van der Waals surface area contributed by atoms with Crippen LogP contribution < -0.4 is 23.0 Å². The van der Waals surface area contributed by atoms with Crippen LogP contribution in [0.25, 0.3) is 10.2 Å². The first-order valence-electron chi connectivity index (χ1n) is 6.99. The van der Waals surface area contributed by atoms with Gasteiger partial charge in [0.25, 0.3) is 0 Å². The lowest BCUT2D eigenvalue weighted by molar-refractivity contribution is 0.441. The molecule has 0 saturated carbocycles. The molecule has 0 aliphatic heterocycles. The van der Waals surface area contributed by atoms with E-state index in [-0.39, 0.29) is 0 Å². The average Bonchev–Trinajstić information content (AvgIpc) is 2.86. The summed E-state index contributed by atoms with van der Waals surface area (Å²) in [6.07, 6.45) is 4.95. The van der Waals surface area contributed by atoms with Gasteiger partial charge in [0.15, 0.2) is 0 Å². The molecule has 0 radical (unpaired) electrons. The van der Waals surface area contributed by atoms with Crippen LogP contribution in [0.15, 0.2) is 12.1 Å². The van der Waals surface area contributed by atoms with E-state index in [4.69, 9.17) is 10.7 Å². The molecule has 110 valence electrons. The summed E-state index contributed by atoms with van der Waals surface area (Å²) in [5, 5.41) is 1.28. The summed E-state index contributed by atoms with van der Waals surface area (Å²) in [7, 11) is 0. The molecule has 0 bridgehead atoms. The number of pyridine rings is 1. The van der Waals surface area contributed by atoms with Crippen LogP contribution in [0.4, 0.5) is 0 Å².